The van der Waals surface area contributed by atoms with Gasteiger partial charge in [0.25, 0.3) is 0 Å². The molecule has 0 aromatic heterocycles. The largest absolute Gasteiger partial charge is 0.462 e. The van der Waals surface area contributed by atoms with Gasteiger partial charge in [0.2, 0.25) is 0 Å². The third-order valence-electron chi connectivity index (χ3n) is 6.77. The Hall–Kier alpha value is -3.19. The van der Waals surface area contributed by atoms with E-state index in [4.69, 9.17) is 25.8 Å². The van der Waals surface area contributed by atoms with Crippen LogP contribution < -0.4 is 4.74 Å². The van der Waals surface area contributed by atoms with Gasteiger partial charge in [-0.3, -0.25) is 19.2 Å². The lowest BCUT2D eigenvalue weighted by molar-refractivity contribution is -0.154. The van der Waals surface area contributed by atoms with Gasteiger partial charge in [-0.15, -0.1) is 0 Å². The first kappa shape index (κ1) is 21.6. The predicted molar refractivity (Wildman–Crippen MR) is 116 cm³/mol. The molecule has 0 N–H and O–H groups in total. The second-order valence-corrected chi connectivity index (χ2v) is 9.19. The standard InChI is InChI=1S/C25H21ClO7/c26-16-5-1-13(2-6-16)9-21(28)32-17-7-3-14(4-8-17)19(27)12-31-24(29)22-15-10-18-20(11-15)33-25(30)23(18)22/h1-8,15,18,20,22-23H,9-12H2/t15-,18+,20-,22-,23+/m1/s1. The Bertz CT molecular complexity index is 1110. The van der Waals surface area contributed by atoms with Crippen molar-refractivity contribution in [3.05, 3.63) is 64.7 Å². The minimum absolute atomic E-state index is 0.0583. The van der Waals surface area contributed by atoms with Crippen molar-refractivity contribution < 1.29 is 33.4 Å². The zero-order chi connectivity index (χ0) is 23.1. The van der Waals surface area contributed by atoms with Crippen LogP contribution in [0.15, 0.2) is 48.5 Å². The number of esters is 3. The van der Waals surface area contributed by atoms with Gasteiger partial charge in [-0.2, -0.15) is 0 Å². The number of rotatable bonds is 7. The van der Waals surface area contributed by atoms with Crippen molar-refractivity contribution in [3.63, 3.8) is 0 Å². The number of fused-ring (bicyclic) bond motifs is 1. The van der Waals surface area contributed by atoms with Gasteiger partial charge in [-0.1, -0.05) is 23.7 Å². The summed E-state index contributed by atoms with van der Waals surface area (Å²) < 4.78 is 15.9. The Morgan fingerprint density at radius 1 is 1.00 bits per heavy atom. The Kier molecular flexibility index (Phi) is 5.66. The summed E-state index contributed by atoms with van der Waals surface area (Å²) in [5.74, 6) is -2.10. The molecule has 33 heavy (non-hydrogen) atoms. The summed E-state index contributed by atoms with van der Waals surface area (Å²) in [5.41, 5.74) is 1.10. The Labute approximate surface area is 195 Å². The zero-order valence-corrected chi connectivity index (χ0v) is 18.3. The molecular formula is C25H21ClO7. The molecule has 2 aliphatic carbocycles. The Balaban J connectivity index is 1.12. The van der Waals surface area contributed by atoms with Crippen LogP contribution in [-0.4, -0.2) is 36.4 Å². The lowest BCUT2D eigenvalue weighted by Gasteiger charge is -2.22. The minimum Gasteiger partial charge on any atom is -0.462 e. The van der Waals surface area contributed by atoms with Gasteiger partial charge in [-0.05, 0) is 60.7 Å². The number of hydrogen-bond acceptors (Lipinski definition) is 7. The second-order valence-electron chi connectivity index (χ2n) is 8.75. The number of carbonyl (C=O) groups excluding carboxylic acids is 4. The quantitative estimate of drug-likeness (QED) is 0.349. The van der Waals surface area contributed by atoms with Gasteiger partial charge in [0.15, 0.2) is 12.4 Å². The summed E-state index contributed by atoms with van der Waals surface area (Å²) in [6, 6.07) is 12.9. The first-order valence-corrected chi connectivity index (χ1v) is 11.2. The van der Waals surface area contributed by atoms with Crippen molar-refractivity contribution in [2.24, 2.45) is 23.7 Å². The van der Waals surface area contributed by atoms with Gasteiger partial charge in [0.1, 0.15) is 11.9 Å². The molecule has 2 saturated carbocycles. The Morgan fingerprint density at radius 2 is 1.73 bits per heavy atom. The van der Waals surface area contributed by atoms with Crippen LogP contribution in [0, 0.1) is 23.7 Å². The monoisotopic (exact) mass is 468 g/mol. The normalized spacial score (nSPS) is 26.7. The third kappa shape index (κ3) is 4.25. The zero-order valence-electron chi connectivity index (χ0n) is 17.6. The summed E-state index contributed by atoms with van der Waals surface area (Å²) in [4.78, 5) is 49.2. The number of halogens is 1. The van der Waals surface area contributed by atoms with E-state index >= 15 is 0 Å². The van der Waals surface area contributed by atoms with E-state index in [2.05, 4.69) is 0 Å². The lowest BCUT2D eigenvalue weighted by atomic mass is 9.80. The first-order chi connectivity index (χ1) is 15.9. The van der Waals surface area contributed by atoms with Crippen LogP contribution in [0.1, 0.15) is 28.8 Å². The van der Waals surface area contributed by atoms with Gasteiger partial charge >= 0.3 is 17.9 Å². The van der Waals surface area contributed by atoms with Gasteiger partial charge < -0.3 is 14.2 Å². The molecule has 0 spiro atoms. The van der Waals surface area contributed by atoms with Crippen molar-refractivity contribution in [2.45, 2.75) is 25.4 Å². The van der Waals surface area contributed by atoms with Crippen LogP contribution in [0.25, 0.3) is 0 Å². The summed E-state index contributed by atoms with van der Waals surface area (Å²) in [7, 11) is 0. The highest BCUT2D eigenvalue weighted by atomic mass is 35.5. The maximum absolute atomic E-state index is 12.6. The molecule has 1 heterocycles. The van der Waals surface area contributed by atoms with Crippen LogP contribution in [0.5, 0.6) is 5.75 Å². The summed E-state index contributed by atoms with van der Waals surface area (Å²) in [5, 5.41) is 0.586. The highest BCUT2D eigenvalue weighted by Gasteiger charge is 2.64. The summed E-state index contributed by atoms with van der Waals surface area (Å²) >= 11 is 5.84. The van der Waals surface area contributed by atoms with Crippen molar-refractivity contribution in [1.82, 2.24) is 0 Å². The number of benzene rings is 2. The van der Waals surface area contributed by atoms with Crippen LogP contribution in [0.4, 0.5) is 0 Å². The lowest BCUT2D eigenvalue weighted by Crippen LogP contribution is -2.34. The summed E-state index contributed by atoms with van der Waals surface area (Å²) in [6.07, 6.45) is 1.52. The fraction of sp³-hybridized carbons (Fsp3) is 0.360. The number of ether oxygens (including phenoxy) is 3. The fourth-order valence-electron chi connectivity index (χ4n) is 5.29. The molecule has 5 atom stereocenters. The molecule has 8 heteroatoms. The molecule has 2 aromatic rings. The van der Waals surface area contributed by atoms with E-state index in [9.17, 15) is 19.2 Å². The predicted octanol–water partition coefficient (Wildman–Crippen LogP) is 3.41. The smallest absolute Gasteiger partial charge is 0.315 e. The van der Waals surface area contributed by atoms with Crippen molar-refractivity contribution in [1.29, 1.82) is 0 Å². The van der Waals surface area contributed by atoms with E-state index in [1.807, 2.05) is 0 Å². The van der Waals surface area contributed by atoms with E-state index < -0.39 is 30.4 Å². The molecule has 0 radical (unpaired) electrons. The Morgan fingerprint density at radius 3 is 2.45 bits per heavy atom. The molecular weight excluding hydrogens is 448 g/mol. The van der Waals surface area contributed by atoms with E-state index in [-0.39, 0.29) is 36.1 Å². The SMILES string of the molecule is O=C(Cc1ccc(Cl)cc1)Oc1ccc(C(=O)COC(=O)[C@@H]2[C@@H]3C[C@@H]4[C@@H]2C(=O)O[C@@H]4C3)cc1. The fourth-order valence-corrected chi connectivity index (χ4v) is 5.41. The average Bonchev–Trinajstić information content (AvgIpc) is 3.42. The van der Waals surface area contributed by atoms with Crippen molar-refractivity contribution in [2.75, 3.05) is 6.61 Å². The molecule has 3 fully saturated rings. The van der Waals surface area contributed by atoms with Crippen molar-refractivity contribution in [3.8, 4) is 5.75 Å². The van der Waals surface area contributed by atoms with Gasteiger partial charge in [0, 0.05) is 16.5 Å². The molecule has 3 aliphatic rings. The van der Waals surface area contributed by atoms with Gasteiger partial charge in [0.05, 0.1) is 18.3 Å². The number of carbonyl (C=O) groups is 4. The van der Waals surface area contributed by atoms with E-state index in [1.165, 1.54) is 24.3 Å². The summed E-state index contributed by atoms with van der Waals surface area (Å²) in [6.45, 7) is -0.409. The second kappa shape index (κ2) is 8.63. The van der Waals surface area contributed by atoms with Crippen LogP contribution in [0.2, 0.25) is 5.02 Å². The maximum Gasteiger partial charge on any atom is 0.315 e. The average molecular weight is 469 g/mol. The number of Topliss-reactive ketones (excluding diaryl/α,β-unsaturated/α-hetero) is 1. The van der Waals surface area contributed by atoms with E-state index in [0.29, 0.717) is 22.8 Å². The molecule has 0 unspecified atom stereocenters. The van der Waals surface area contributed by atoms with Crippen LogP contribution in [-0.2, 0) is 30.3 Å². The molecule has 1 aliphatic heterocycles. The molecule has 7 nitrogen and oxygen atoms in total. The molecule has 170 valence electrons. The number of ketones is 1. The van der Waals surface area contributed by atoms with E-state index in [1.54, 1.807) is 24.3 Å². The highest BCUT2D eigenvalue weighted by Crippen LogP contribution is 2.57. The molecule has 2 bridgehead atoms. The molecule has 1 saturated heterocycles. The van der Waals surface area contributed by atoms with Crippen LogP contribution in [0.3, 0.4) is 0 Å². The molecule has 5 rings (SSSR count). The van der Waals surface area contributed by atoms with Gasteiger partial charge in [-0.25, -0.2) is 0 Å². The first-order valence-electron chi connectivity index (χ1n) is 10.8. The number of hydrogen-bond donors (Lipinski definition) is 0. The third-order valence-corrected chi connectivity index (χ3v) is 7.02. The molecule has 0 amide bonds. The minimum atomic E-state index is -0.517. The maximum atomic E-state index is 12.6. The van der Waals surface area contributed by atoms with E-state index in [0.717, 1.165) is 12.0 Å². The highest BCUT2D eigenvalue weighted by molar-refractivity contribution is 6.30. The van der Waals surface area contributed by atoms with Crippen molar-refractivity contribution >= 4 is 35.3 Å². The van der Waals surface area contributed by atoms with Crippen LogP contribution >= 0.6 is 11.6 Å². The topological polar surface area (TPSA) is 96.0 Å². The molecule has 2 aromatic carbocycles.